The quantitative estimate of drug-likeness (QED) is 0.340. The van der Waals surface area contributed by atoms with Crippen molar-refractivity contribution in [3.05, 3.63) is 52.1 Å². The van der Waals surface area contributed by atoms with E-state index >= 15 is 0 Å². The molecule has 0 bridgehead atoms. The van der Waals surface area contributed by atoms with E-state index < -0.39 is 8.07 Å². The highest BCUT2D eigenvalue weighted by molar-refractivity contribution is 6.83. The van der Waals surface area contributed by atoms with Gasteiger partial charge in [-0.2, -0.15) is 0 Å². The second-order valence-electron chi connectivity index (χ2n) is 5.43. The summed E-state index contributed by atoms with van der Waals surface area (Å²) in [6.07, 6.45) is 0. The summed E-state index contributed by atoms with van der Waals surface area (Å²) in [4.78, 5) is 10.7. The first kappa shape index (κ1) is 13.3. The van der Waals surface area contributed by atoms with E-state index in [9.17, 15) is 10.1 Å². The van der Waals surface area contributed by atoms with Gasteiger partial charge in [0.05, 0.1) is 10.3 Å². The van der Waals surface area contributed by atoms with E-state index in [1.165, 1.54) is 6.07 Å². The van der Waals surface area contributed by atoms with E-state index in [1.54, 1.807) is 12.1 Å². The lowest BCUT2D eigenvalue weighted by molar-refractivity contribution is -0.383. The summed E-state index contributed by atoms with van der Waals surface area (Å²) in [6, 6.07) is 10.6. The number of rotatable bonds is 1. The molecule has 0 aliphatic carbocycles. The van der Waals surface area contributed by atoms with Crippen molar-refractivity contribution >= 4 is 24.5 Å². The molecule has 0 amide bonds. The number of non-ortho nitro benzene ring substituents is 1. The van der Waals surface area contributed by atoms with E-state index in [1.807, 2.05) is 18.2 Å². The Morgan fingerprint density at radius 3 is 2.26 bits per heavy atom. The molecule has 3 nitrogen and oxygen atoms in total. The van der Waals surface area contributed by atoms with Gasteiger partial charge in [-0.15, -0.1) is 5.54 Å². The van der Waals surface area contributed by atoms with Gasteiger partial charge in [0.25, 0.3) is 5.69 Å². The second kappa shape index (κ2) is 4.86. The monoisotopic (exact) mass is 269 g/mol. The highest BCUT2D eigenvalue weighted by Gasteiger charge is 2.13. The Morgan fingerprint density at radius 1 is 1.05 bits per heavy atom. The maximum atomic E-state index is 11.0. The Balaban J connectivity index is 2.68. The number of fused-ring (bicyclic) bond motifs is 1. The molecule has 4 heteroatoms. The Labute approximate surface area is 113 Å². The molecule has 0 saturated carbocycles. The zero-order valence-corrected chi connectivity index (χ0v) is 12.2. The second-order valence-corrected chi connectivity index (χ2v) is 10.2. The van der Waals surface area contributed by atoms with Crippen LogP contribution in [0.3, 0.4) is 0 Å². The molecule has 0 radical (unpaired) electrons. The number of hydrogen-bond acceptors (Lipinski definition) is 2. The van der Waals surface area contributed by atoms with E-state index in [0.29, 0.717) is 5.39 Å². The summed E-state index contributed by atoms with van der Waals surface area (Å²) in [6.45, 7) is 6.52. The molecule has 0 N–H and O–H groups in total. The summed E-state index contributed by atoms with van der Waals surface area (Å²) in [5.41, 5.74) is 4.30. The van der Waals surface area contributed by atoms with Crippen molar-refractivity contribution in [2.45, 2.75) is 19.6 Å². The molecule has 0 fully saturated rings. The predicted molar refractivity (Wildman–Crippen MR) is 80.8 cm³/mol. The molecule has 2 aromatic carbocycles. The van der Waals surface area contributed by atoms with E-state index in [4.69, 9.17) is 0 Å². The minimum Gasteiger partial charge on any atom is -0.258 e. The van der Waals surface area contributed by atoms with Crippen LogP contribution in [0.4, 0.5) is 5.69 Å². The molecule has 0 saturated heterocycles. The van der Waals surface area contributed by atoms with Gasteiger partial charge in [-0.3, -0.25) is 10.1 Å². The van der Waals surface area contributed by atoms with Crippen LogP contribution >= 0.6 is 0 Å². The Bertz CT molecular complexity index is 705. The van der Waals surface area contributed by atoms with Crippen LogP contribution in [-0.2, 0) is 0 Å². The van der Waals surface area contributed by atoms with E-state index in [0.717, 1.165) is 10.9 Å². The first-order valence-corrected chi connectivity index (χ1v) is 9.58. The van der Waals surface area contributed by atoms with Crippen molar-refractivity contribution in [1.29, 1.82) is 0 Å². The lowest BCUT2D eigenvalue weighted by atomic mass is 10.0. The third-order valence-corrected chi connectivity index (χ3v) is 3.54. The molecule has 2 aromatic rings. The number of nitro groups is 1. The number of nitro benzene ring substituents is 1. The Kier molecular flexibility index (Phi) is 3.41. The average molecular weight is 269 g/mol. The first-order chi connectivity index (χ1) is 8.88. The topological polar surface area (TPSA) is 43.1 Å². The normalized spacial score (nSPS) is 10.9. The van der Waals surface area contributed by atoms with Crippen LogP contribution in [0.5, 0.6) is 0 Å². The molecular formula is C15H15NO2Si. The van der Waals surface area contributed by atoms with Crippen molar-refractivity contribution in [1.82, 2.24) is 0 Å². The van der Waals surface area contributed by atoms with Crippen LogP contribution < -0.4 is 0 Å². The van der Waals surface area contributed by atoms with E-state index in [2.05, 4.69) is 31.1 Å². The van der Waals surface area contributed by atoms with Gasteiger partial charge in [0.2, 0.25) is 0 Å². The minimum atomic E-state index is -1.46. The van der Waals surface area contributed by atoms with Crippen molar-refractivity contribution in [3.63, 3.8) is 0 Å². The summed E-state index contributed by atoms with van der Waals surface area (Å²) in [7, 11) is -1.46. The van der Waals surface area contributed by atoms with Gasteiger partial charge in [-0.25, -0.2) is 0 Å². The van der Waals surface area contributed by atoms with Gasteiger partial charge >= 0.3 is 0 Å². The fourth-order valence-electron chi connectivity index (χ4n) is 1.81. The fraction of sp³-hybridized carbons (Fsp3) is 0.200. The third kappa shape index (κ3) is 3.01. The maximum absolute atomic E-state index is 11.0. The van der Waals surface area contributed by atoms with Crippen LogP contribution in [0.1, 0.15) is 5.56 Å². The van der Waals surface area contributed by atoms with Crippen LogP contribution in [0, 0.1) is 21.6 Å². The smallest absolute Gasteiger partial charge is 0.258 e. The molecule has 0 atom stereocenters. The van der Waals surface area contributed by atoms with E-state index in [-0.39, 0.29) is 10.6 Å². The number of nitrogens with zero attached hydrogens (tertiary/aromatic N) is 1. The lowest BCUT2D eigenvalue weighted by Crippen LogP contribution is -2.16. The molecular weight excluding hydrogens is 254 g/mol. The standard InChI is InChI=1S/C15H15NO2Si/c1-19(2,3)11-10-12-8-9-15(16(17)18)14-7-5-4-6-13(12)14/h4-9H,1-3H3. The summed E-state index contributed by atoms with van der Waals surface area (Å²) >= 11 is 0. The molecule has 19 heavy (non-hydrogen) atoms. The highest BCUT2D eigenvalue weighted by Crippen LogP contribution is 2.27. The highest BCUT2D eigenvalue weighted by atomic mass is 28.3. The van der Waals surface area contributed by atoms with Gasteiger partial charge in [0, 0.05) is 17.0 Å². The van der Waals surface area contributed by atoms with Crippen molar-refractivity contribution in [3.8, 4) is 11.5 Å². The number of benzene rings is 2. The van der Waals surface area contributed by atoms with Crippen LogP contribution in [0.25, 0.3) is 10.8 Å². The van der Waals surface area contributed by atoms with Gasteiger partial charge < -0.3 is 0 Å². The van der Waals surface area contributed by atoms with Crippen molar-refractivity contribution in [2.75, 3.05) is 0 Å². The zero-order chi connectivity index (χ0) is 14.0. The molecule has 0 aromatic heterocycles. The van der Waals surface area contributed by atoms with Crippen molar-refractivity contribution < 1.29 is 4.92 Å². The fourth-order valence-corrected chi connectivity index (χ4v) is 2.32. The molecule has 96 valence electrons. The lowest BCUT2D eigenvalue weighted by Gasteiger charge is -2.05. The number of hydrogen-bond donors (Lipinski definition) is 0. The summed E-state index contributed by atoms with van der Waals surface area (Å²) < 4.78 is 0. The average Bonchev–Trinajstić information content (AvgIpc) is 2.34. The van der Waals surface area contributed by atoms with Gasteiger partial charge in [0.1, 0.15) is 8.07 Å². The zero-order valence-electron chi connectivity index (χ0n) is 11.2. The van der Waals surface area contributed by atoms with Crippen molar-refractivity contribution in [2.24, 2.45) is 0 Å². The van der Waals surface area contributed by atoms with Gasteiger partial charge in [-0.05, 0) is 12.1 Å². The molecule has 0 unspecified atom stereocenters. The third-order valence-electron chi connectivity index (χ3n) is 2.67. The largest absolute Gasteiger partial charge is 0.277 e. The Hall–Kier alpha value is -2.12. The summed E-state index contributed by atoms with van der Waals surface area (Å²) in [5, 5.41) is 12.5. The predicted octanol–water partition coefficient (Wildman–Crippen LogP) is 3.98. The first-order valence-electron chi connectivity index (χ1n) is 6.08. The van der Waals surface area contributed by atoms with Crippen LogP contribution in [0.15, 0.2) is 36.4 Å². The van der Waals surface area contributed by atoms with Gasteiger partial charge in [0.15, 0.2) is 0 Å². The SMILES string of the molecule is C[Si](C)(C)C#Cc1ccc([N+](=O)[O-])c2ccccc12. The molecule has 0 spiro atoms. The maximum Gasteiger partial charge on any atom is 0.277 e. The molecule has 0 aliphatic rings. The summed E-state index contributed by atoms with van der Waals surface area (Å²) in [5.74, 6) is 3.18. The Morgan fingerprint density at radius 2 is 1.68 bits per heavy atom. The molecule has 2 rings (SSSR count). The van der Waals surface area contributed by atoms with Crippen LogP contribution in [0.2, 0.25) is 19.6 Å². The minimum absolute atomic E-state index is 0.133. The molecule has 0 aliphatic heterocycles. The van der Waals surface area contributed by atoms with Crippen LogP contribution in [-0.4, -0.2) is 13.0 Å². The van der Waals surface area contributed by atoms with Gasteiger partial charge in [-0.1, -0.05) is 43.8 Å². The molecule has 0 heterocycles.